The van der Waals surface area contributed by atoms with Crippen molar-refractivity contribution in [3.8, 4) is 6.07 Å². The van der Waals surface area contributed by atoms with Gasteiger partial charge in [-0.15, -0.1) is 0 Å². The number of nitrogens with zero attached hydrogens (tertiary/aromatic N) is 1. The van der Waals surface area contributed by atoms with Crippen molar-refractivity contribution in [1.82, 2.24) is 0 Å². The molecule has 9 atom stereocenters. The van der Waals surface area contributed by atoms with Crippen LogP contribution in [-0.4, -0.2) is 53.0 Å². The molecule has 0 aliphatic heterocycles. The van der Waals surface area contributed by atoms with Crippen LogP contribution in [0.4, 0.5) is 8.78 Å². The fraction of sp³-hybridized carbons (Fsp3) is 0.733. The van der Waals surface area contributed by atoms with Gasteiger partial charge in [-0.05, 0) is 62.7 Å². The van der Waals surface area contributed by atoms with E-state index in [1.165, 1.54) is 19.1 Å². The van der Waals surface area contributed by atoms with Crippen molar-refractivity contribution in [3.63, 3.8) is 0 Å². The second-order valence-corrected chi connectivity index (χ2v) is 12.7. The molecule has 0 aromatic heterocycles. The largest absolute Gasteiger partial charge is 0.447 e. The summed E-state index contributed by atoms with van der Waals surface area (Å²) in [6, 6.07) is 1.78. The minimum absolute atomic E-state index is 0.0193. The van der Waals surface area contributed by atoms with E-state index in [0.717, 1.165) is 25.3 Å². The number of carbonyl (C=O) groups excluding carboxylic acids is 3. The molecule has 2 unspecified atom stereocenters. The van der Waals surface area contributed by atoms with Gasteiger partial charge in [0.25, 0.3) is 0 Å². The predicted molar refractivity (Wildman–Crippen MR) is 135 cm³/mol. The number of aliphatic hydroxyl groups excluding tert-OH is 1. The molecule has 4 saturated carbocycles. The molecule has 0 aromatic rings. The minimum atomic E-state index is -2.32. The minimum Gasteiger partial charge on any atom is -0.447 e. The lowest BCUT2D eigenvalue weighted by Gasteiger charge is -2.63. The molecule has 0 amide bonds. The number of hydrogen-bond donors (Lipinski definition) is 1. The van der Waals surface area contributed by atoms with E-state index in [0.29, 0.717) is 12.8 Å². The van der Waals surface area contributed by atoms with Crippen LogP contribution < -0.4 is 0 Å². The molecule has 212 valence electrons. The molecular weight excluding hydrogens is 508 g/mol. The SMILES string of the molecule is C[C@@H]1CC2C3C[C@H](F)C4=CC(=O)C=C[C@]4(C)[C@@]3(F)[C@@H](O)C[C@]2(C)[C@@]1(OC(=O)C1CCCCC1)C(=O)OCC#N. The number of nitriles is 1. The van der Waals surface area contributed by atoms with Crippen LogP contribution in [0.5, 0.6) is 0 Å². The van der Waals surface area contributed by atoms with Crippen LogP contribution in [0.15, 0.2) is 23.8 Å². The van der Waals surface area contributed by atoms with Crippen molar-refractivity contribution >= 4 is 17.7 Å². The molecule has 5 rings (SSSR count). The molecule has 0 saturated heterocycles. The van der Waals surface area contributed by atoms with Crippen molar-refractivity contribution in [2.75, 3.05) is 6.61 Å². The lowest BCUT2D eigenvalue weighted by atomic mass is 9.44. The molecule has 4 fully saturated rings. The summed E-state index contributed by atoms with van der Waals surface area (Å²) in [4.78, 5) is 39.4. The maximum absolute atomic E-state index is 17.5. The van der Waals surface area contributed by atoms with Crippen LogP contribution in [0.2, 0.25) is 0 Å². The van der Waals surface area contributed by atoms with Gasteiger partial charge in [0.1, 0.15) is 12.2 Å². The second-order valence-electron chi connectivity index (χ2n) is 12.7. The fourth-order valence-corrected chi connectivity index (χ4v) is 9.00. The normalized spacial score (nSPS) is 45.3. The van der Waals surface area contributed by atoms with Crippen LogP contribution in [0, 0.1) is 45.8 Å². The van der Waals surface area contributed by atoms with Gasteiger partial charge in [-0.2, -0.15) is 5.26 Å². The summed E-state index contributed by atoms with van der Waals surface area (Å²) in [5, 5.41) is 20.7. The lowest BCUT2D eigenvalue weighted by molar-refractivity contribution is -0.240. The second kappa shape index (κ2) is 9.50. The molecule has 1 N–H and O–H groups in total. The number of esters is 2. The zero-order chi connectivity index (χ0) is 28.4. The molecular formula is C30H37F2NO6. The molecule has 0 radical (unpaired) electrons. The van der Waals surface area contributed by atoms with Crippen LogP contribution in [0.1, 0.15) is 72.1 Å². The van der Waals surface area contributed by atoms with Crippen LogP contribution in [0.25, 0.3) is 0 Å². The zero-order valence-corrected chi connectivity index (χ0v) is 22.8. The van der Waals surface area contributed by atoms with E-state index in [-0.39, 0.29) is 30.8 Å². The monoisotopic (exact) mass is 545 g/mol. The highest BCUT2D eigenvalue weighted by molar-refractivity contribution is 6.01. The average molecular weight is 546 g/mol. The summed E-state index contributed by atoms with van der Waals surface area (Å²) in [5.74, 6) is -4.52. The first kappa shape index (κ1) is 27.9. The number of aliphatic hydroxyl groups is 1. The third-order valence-corrected chi connectivity index (χ3v) is 10.9. The first-order chi connectivity index (χ1) is 18.4. The Kier molecular flexibility index (Phi) is 6.81. The van der Waals surface area contributed by atoms with Crippen LogP contribution in [-0.2, 0) is 23.9 Å². The number of rotatable bonds is 4. The number of ketones is 1. The number of halogens is 2. The molecule has 5 aliphatic rings. The summed E-state index contributed by atoms with van der Waals surface area (Å²) < 4.78 is 44.7. The highest BCUT2D eigenvalue weighted by Crippen LogP contribution is 2.71. The van der Waals surface area contributed by atoms with Gasteiger partial charge in [0, 0.05) is 22.7 Å². The topological polar surface area (TPSA) is 114 Å². The van der Waals surface area contributed by atoms with Gasteiger partial charge >= 0.3 is 11.9 Å². The molecule has 0 aromatic carbocycles. The molecule has 5 aliphatic carbocycles. The van der Waals surface area contributed by atoms with Crippen molar-refractivity contribution in [2.24, 2.45) is 34.5 Å². The number of hydrogen-bond acceptors (Lipinski definition) is 7. The predicted octanol–water partition coefficient (Wildman–Crippen LogP) is 4.48. The number of allylic oxidation sites excluding steroid dienone is 4. The number of alkyl halides is 2. The molecule has 0 heterocycles. The smallest absolute Gasteiger partial charge is 0.352 e. The first-order valence-electron chi connectivity index (χ1n) is 14.1. The quantitative estimate of drug-likeness (QED) is 0.518. The van der Waals surface area contributed by atoms with Crippen molar-refractivity contribution in [2.45, 2.75) is 95.7 Å². The third-order valence-electron chi connectivity index (χ3n) is 10.9. The fourth-order valence-electron chi connectivity index (χ4n) is 9.00. The Bertz CT molecular complexity index is 1170. The van der Waals surface area contributed by atoms with Gasteiger partial charge in [0.15, 0.2) is 18.1 Å². The van der Waals surface area contributed by atoms with Gasteiger partial charge in [-0.3, -0.25) is 9.59 Å². The van der Waals surface area contributed by atoms with E-state index in [4.69, 9.17) is 14.7 Å². The number of fused-ring (bicyclic) bond motifs is 5. The molecule has 7 nitrogen and oxygen atoms in total. The van der Waals surface area contributed by atoms with Crippen molar-refractivity contribution in [3.05, 3.63) is 23.8 Å². The highest BCUT2D eigenvalue weighted by atomic mass is 19.1. The highest BCUT2D eigenvalue weighted by Gasteiger charge is 2.78. The summed E-state index contributed by atoms with van der Waals surface area (Å²) >= 11 is 0. The number of ether oxygens (including phenoxy) is 2. The first-order valence-corrected chi connectivity index (χ1v) is 14.1. The van der Waals surface area contributed by atoms with E-state index in [1.807, 2.05) is 0 Å². The summed E-state index contributed by atoms with van der Waals surface area (Å²) in [7, 11) is 0. The maximum atomic E-state index is 17.5. The Morgan fingerprint density at radius 1 is 1.18 bits per heavy atom. The van der Waals surface area contributed by atoms with Crippen molar-refractivity contribution < 1.29 is 37.7 Å². The Morgan fingerprint density at radius 2 is 1.87 bits per heavy atom. The Hall–Kier alpha value is -2.60. The van der Waals surface area contributed by atoms with Crippen molar-refractivity contribution in [1.29, 1.82) is 5.26 Å². The molecule has 9 heteroatoms. The van der Waals surface area contributed by atoms with Gasteiger partial charge in [0.05, 0.1) is 12.0 Å². The van der Waals surface area contributed by atoms with E-state index >= 15 is 8.78 Å². The third kappa shape index (κ3) is 3.69. The van der Waals surface area contributed by atoms with Crippen LogP contribution >= 0.6 is 0 Å². The van der Waals surface area contributed by atoms with Crippen LogP contribution in [0.3, 0.4) is 0 Å². The lowest BCUT2D eigenvalue weighted by Crippen LogP contribution is -2.71. The summed E-state index contributed by atoms with van der Waals surface area (Å²) in [6.07, 6.45) is 4.20. The van der Waals surface area contributed by atoms with Gasteiger partial charge in [-0.25, -0.2) is 13.6 Å². The van der Waals surface area contributed by atoms with E-state index < -0.39 is 76.5 Å². The standard InChI is InChI=1S/C30H37F2NO6/c1-17-13-20-21-15-23(31)22-14-19(34)9-10-27(22,2)29(21,32)24(35)16-28(20,3)30(17,26(37)38-12-11-33)39-25(36)18-7-5-4-6-8-18/h9-10,14,17-18,20-21,23-24,35H,4-8,12-13,15-16H2,1-3H3/t17-,20?,21?,23+,24+,27+,28+,29+,30+/m1/s1. The molecule has 0 spiro atoms. The Balaban J connectivity index is 1.60. The molecule has 0 bridgehead atoms. The maximum Gasteiger partial charge on any atom is 0.352 e. The average Bonchev–Trinajstić information content (AvgIpc) is 3.12. The van der Waals surface area contributed by atoms with E-state index in [9.17, 15) is 19.5 Å². The summed E-state index contributed by atoms with van der Waals surface area (Å²) in [6.45, 7) is 4.40. The van der Waals surface area contributed by atoms with Gasteiger partial charge in [0.2, 0.25) is 5.60 Å². The van der Waals surface area contributed by atoms with Gasteiger partial charge < -0.3 is 14.6 Å². The van der Waals surface area contributed by atoms with Gasteiger partial charge in [-0.1, -0.05) is 39.2 Å². The Morgan fingerprint density at radius 3 is 2.54 bits per heavy atom. The summed E-state index contributed by atoms with van der Waals surface area (Å²) in [5.41, 5.74) is -7.01. The Labute approximate surface area is 227 Å². The van der Waals surface area contributed by atoms with E-state index in [1.54, 1.807) is 19.9 Å². The zero-order valence-electron chi connectivity index (χ0n) is 22.8. The molecule has 39 heavy (non-hydrogen) atoms. The number of carbonyl (C=O) groups is 3. The van der Waals surface area contributed by atoms with E-state index in [2.05, 4.69) is 0 Å².